The number of carbonyl (C=O) groups is 1. The van der Waals surface area contributed by atoms with Crippen LogP contribution in [0.5, 0.6) is 5.75 Å². The summed E-state index contributed by atoms with van der Waals surface area (Å²) in [6.45, 7) is 0.885. The van der Waals surface area contributed by atoms with E-state index in [2.05, 4.69) is 10.9 Å². The standard InChI is InChI=1S/C14H17F3N2O3/c1-21-10-4-5-12(11(7-10)14(15,16)17)18-19-13(20)9-3-2-6-22-8-9/h4-5,7,9,18H,2-3,6,8H2,1H3,(H,19,20)/t9-/m0/s1. The van der Waals surface area contributed by atoms with E-state index in [1.54, 1.807) is 0 Å². The van der Waals surface area contributed by atoms with Crippen molar-refractivity contribution in [3.8, 4) is 5.75 Å². The Morgan fingerprint density at radius 3 is 2.77 bits per heavy atom. The van der Waals surface area contributed by atoms with E-state index in [0.717, 1.165) is 12.5 Å². The fourth-order valence-corrected chi connectivity index (χ4v) is 2.17. The Morgan fingerprint density at radius 2 is 2.18 bits per heavy atom. The number of ether oxygens (including phenoxy) is 2. The number of anilines is 1. The molecule has 0 bridgehead atoms. The van der Waals surface area contributed by atoms with E-state index in [1.807, 2.05) is 0 Å². The molecule has 1 saturated heterocycles. The third kappa shape index (κ3) is 4.03. The lowest BCUT2D eigenvalue weighted by molar-refractivity contribution is -0.137. The van der Waals surface area contributed by atoms with E-state index < -0.39 is 11.7 Å². The number of halogens is 3. The molecule has 22 heavy (non-hydrogen) atoms. The van der Waals surface area contributed by atoms with E-state index >= 15 is 0 Å². The topological polar surface area (TPSA) is 59.6 Å². The summed E-state index contributed by atoms with van der Waals surface area (Å²) < 4.78 is 49.0. The number of hydrogen-bond acceptors (Lipinski definition) is 4. The molecule has 1 amide bonds. The predicted molar refractivity (Wildman–Crippen MR) is 73.3 cm³/mol. The van der Waals surface area contributed by atoms with Crippen LogP contribution in [0.3, 0.4) is 0 Å². The molecule has 1 heterocycles. The van der Waals surface area contributed by atoms with E-state index in [0.29, 0.717) is 13.0 Å². The quantitative estimate of drug-likeness (QED) is 0.838. The number of rotatable bonds is 4. The monoisotopic (exact) mass is 318 g/mol. The predicted octanol–water partition coefficient (Wildman–Crippen LogP) is 2.58. The first-order valence-corrected chi connectivity index (χ1v) is 6.80. The van der Waals surface area contributed by atoms with Gasteiger partial charge in [0.05, 0.1) is 30.9 Å². The molecule has 0 aliphatic carbocycles. The Kier molecular flexibility index (Phi) is 5.12. The summed E-state index contributed by atoms with van der Waals surface area (Å²) >= 11 is 0. The molecule has 1 fully saturated rings. The number of benzene rings is 1. The van der Waals surface area contributed by atoms with Crippen LogP contribution >= 0.6 is 0 Å². The Balaban J connectivity index is 2.07. The van der Waals surface area contributed by atoms with Crippen molar-refractivity contribution in [3.05, 3.63) is 23.8 Å². The van der Waals surface area contributed by atoms with Gasteiger partial charge in [0.2, 0.25) is 5.91 Å². The van der Waals surface area contributed by atoms with Gasteiger partial charge in [-0.3, -0.25) is 15.6 Å². The summed E-state index contributed by atoms with van der Waals surface area (Å²) in [5.74, 6) is -0.651. The van der Waals surface area contributed by atoms with Gasteiger partial charge >= 0.3 is 6.18 Å². The molecular weight excluding hydrogens is 301 g/mol. The number of alkyl halides is 3. The first-order valence-electron chi connectivity index (χ1n) is 6.80. The molecule has 0 radical (unpaired) electrons. The summed E-state index contributed by atoms with van der Waals surface area (Å²) in [5, 5.41) is 0. The van der Waals surface area contributed by atoms with Gasteiger partial charge in [0.25, 0.3) is 0 Å². The lowest BCUT2D eigenvalue weighted by Gasteiger charge is -2.22. The van der Waals surface area contributed by atoms with Crippen LogP contribution in [0.15, 0.2) is 18.2 Å². The molecule has 0 aromatic heterocycles. The van der Waals surface area contributed by atoms with Crippen molar-refractivity contribution in [3.63, 3.8) is 0 Å². The van der Waals surface area contributed by atoms with Crippen LogP contribution in [0, 0.1) is 5.92 Å². The zero-order chi connectivity index (χ0) is 16.2. The highest BCUT2D eigenvalue weighted by molar-refractivity contribution is 5.80. The van der Waals surface area contributed by atoms with Gasteiger partial charge in [0.15, 0.2) is 0 Å². The van der Waals surface area contributed by atoms with Gasteiger partial charge in [0, 0.05) is 6.61 Å². The molecule has 5 nitrogen and oxygen atoms in total. The summed E-state index contributed by atoms with van der Waals surface area (Å²) in [5.41, 5.74) is 3.50. The van der Waals surface area contributed by atoms with Crippen LogP contribution < -0.4 is 15.6 Å². The van der Waals surface area contributed by atoms with Gasteiger partial charge in [-0.2, -0.15) is 13.2 Å². The van der Waals surface area contributed by atoms with Gasteiger partial charge in [-0.15, -0.1) is 0 Å². The number of amides is 1. The Morgan fingerprint density at radius 1 is 1.41 bits per heavy atom. The average Bonchev–Trinajstić information content (AvgIpc) is 2.52. The van der Waals surface area contributed by atoms with E-state index in [-0.39, 0.29) is 29.9 Å². The molecule has 0 saturated carbocycles. The Bertz CT molecular complexity index is 529. The van der Waals surface area contributed by atoms with Crippen molar-refractivity contribution in [1.82, 2.24) is 5.43 Å². The first-order chi connectivity index (χ1) is 10.4. The normalized spacial score (nSPS) is 18.6. The van der Waals surface area contributed by atoms with E-state index in [4.69, 9.17) is 9.47 Å². The average molecular weight is 318 g/mol. The minimum absolute atomic E-state index is 0.0879. The summed E-state index contributed by atoms with van der Waals surface area (Å²) in [6.07, 6.45) is -3.15. The van der Waals surface area contributed by atoms with Gasteiger partial charge in [0.1, 0.15) is 5.75 Å². The molecule has 1 aromatic carbocycles. The van der Waals surface area contributed by atoms with Gasteiger partial charge in [-0.05, 0) is 31.0 Å². The summed E-state index contributed by atoms with van der Waals surface area (Å²) in [6, 6.07) is 3.46. The lowest BCUT2D eigenvalue weighted by atomic mass is 10.0. The van der Waals surface area contributed by atoms with Gasteiger partial charge in [-0.1, -0.05) is 0 Å². The fourth-order valence-electron chi connectivity index (χ4n) is 2.17. The van der Waals surface area contributed by atoms with Crippen molar-refractivity contribution in [1.29, 1.82) is 0 Å². The van der Waals surface area contributed by atoms with Crippen LogP contribution in [-0.2, 0) is 15.7 Å². The van der Waals surface area contributed by atoms with Gasteiger partial charge in [-0.25, -0.2) is 0 Å². The lowest BCUT2D eigenvalue weighted by Crippen LogP contribution is -2.39. The zero-order valence-electron chi connectivity index (χ0n) is 12.0. The molecule has 0 unspecified atom stereocenters. The second kappa shape index (κ2) is 6.87. The van der Waals surface area contributed by atoms with Crippen LogP contribution in [0.4, 0.5) is 18.9 Å². The smallest absolute Gasteiger partial charge is 0.418 e. The highest BCUT2D eigenvalue weighted by atomic mass is 19.4. The summed E-state index contributed by atoms with van der Waals surface area (Å²) in [7, 11) is 1.29. The molecule has 122 valence electrons. The van der Waals surface area contributed by atoms with Crippen molar-refractivity contribution < 1.29 is 27.4 Å². The second-order valence-electron chi connectivity index (χ2n) is 4.94. The van der Waals surface area contributed by atoms with Crippen LogP contribution in [0.1, 0.15) is 18.4 Å². The molecule has 1 aliphatic heterocycles. The van der Waals surface area contributed by atoms with Crippen molar-refractivity contribution in [2.45, 2.75) is 19.0 Å². The molecule has 2 rings (SSSR count). The molecule has 1 aromatic rings. The maximum atomic E-state index is 13.0. The zero-order valence-corrected chi connectivity index (χ0v) is 12.0. The molecule has 2 N–H and O–H groups in total. The molecule has 8 heteroatoms. The van der Waals surface area contributed by atoms with Gasteiger partial charge < -0.3 is 9.47 Å². The SMILES string of the molecule is COc1ccc(NNC(=O)[C@H]2CCCOC2)c(C(F)(F)F)c1. The number of nitrogens with one attached hydrogen (secondary N) is 2. The maximum Gasteiger partial charge on any atom is 0.418 e. The van der Waals surface area contributed by atoms with Crippen LogP contribution in [0.2, 0.25) is 0 Å². The minimum atomic E-state index is -4.56. The molecule has 1 aliphatic rings. The Hall–Kier alpha value is -1.96. The molecule has 0 spiro atoms. The van der Waals surface area contributed by atoms with Crippen molar-refractivity contribution in [2.75, 3.05) is 25.7 Å². The summed E-state index contributed by atoms with van der Waals surface area (Å²) in [4.78, 5) is 11.9. The molecule has 1 atom stereocenters. The van der Waals surface area contributed by atoms with Crippen molar-refractivity contribution >= 4 is 11.6 Å². The first kappa shape index (κ1) is 16.4. The highest BCUT2D eigenvalue weighted by Gasteiger charge is 2.34. The third-order valence-electron chi connectivity index (χ3n) is 3.38. The number of carbonyl (C=O) groups excluding carboxylic acids is 1. The molecular formula is C14H17F3N2O3. The minimum Gasteiger partial charge on any atom is -0.497 e. The fraction of sp³-hybridized carbons (Fsp3) is 0.500. The van der Waals surface area contributed by atoms with Crippen LogP contribution in [0.25, 0.3) is 0 Å². The second-order valence-corrected chi connectivity index (χ2v) is 4.94. The van der Waals surface area contributed by atoms with Crippen molar-refractivity contribution in [2.24, 2.45) is 5.92 Å². The van der Waals surface area contributed by atoms with E-state index in [9.17, 15) is 18.0 Å². The largest absolute Gasteiger partial charge is 0.497 e. The highest BCUT2D eigenvalue weighted by Crippen LogP contribution is 2.36. The number of hydrazine groups is 1. The third-order valence-corrected chi connectivity index (χ3v) is 3.38. The van der Waals surface area contributed by atoms with E-state index in [1.165, 1.54) is 19.2 Å². The maximum absolute atomic E-state index is 13.0. The number of hydrogen-bond donors (Lipinski definition) is 2. The Labute approximate surface area is 125 Å². The number of methoxy groups -OCH3 is 1. The van der Waals surface area contributed by atoms with Crippen LogP contribution in [-0.4, -0.2) is 26.2 Å².